The van der Waals surface area contributed by atoms with Gasteiger partial charge in [-0.05, 0) is 19.1 Å². The molecule has 0 aromatic heterocycles. The Labute approximate surface area is 136 Å². The van der Waals surface area contributed by atoms with E-state index in [0.29, 0.717) is 31.3 Å². The quantitative estimate of drug-likeness (QED) is 0.927. The van der Waals surface area contributed by atoms with Gasteiger partial charge in [0.15, 0.2) is 0 Å². The van der Waals surface area contributed by atoms with E-state index in [1.54, 1.807) is 23.7 Å². The third-order valence-corrected chi connectivity index (χ3v) is 4.85. The molecule has 1 atom stereocenters. The van der Waals surface area contributed by atoms with Crippen molar-refractivity contribution >= 4 is 29.4 Å². The molecule has 1 N–H and O–H groups in total. The highest BCUT2D eigenvalue weighted by Gasteiger charge is 2.29. The van der Waals surface area contributed by atoms with Crippen LogP contribution in [0.15, 0.2) is 29.2 Å². The topological polar surface area (TPSA) is 52.7 Å². The largest absolute Gasteiger partial charge is 0.359 e. The Morgan fingerprint density at radius 3 is 2.82 bits per heavy atom. The van der Waals surface area contributed by atoms with Crippen LogP contribution in [0.4, 0.5) is 10.5 Å². The number of hydrogen-bond acceptors (Lipinski definition) is 3. The fourth-order valence-electron chi connectivity index (χ4n) is 2.49. The molecule has 0 bridgehead atoms. The van der Waals surface area contributed by atoms with E-state index in [4.69, 9.17) is 0 Å². The van der Waals surface area contributed by atoms with Crippen molar-refractivity contribution < 1.29 is 9.59 Å². The van der Waals surface area contributed by atoms with Gasteiger partial charge < -0.3 is 10.2 Å². The molecule has 1 unspecified atom stereocenters. The van der Waals surface area contributed by atoms with E-state index >= 15 is 0 Å². The molecule has 0 saturated heterocycles. The van der Waals surface area contributed by atoms with Gasteiger partial charge in [-0.1, -0.05) is 19.1 Å². The van der Waals surface area contributed by atoms with E-state index in [1.165, 1.54) is 0 Å². The van der Waals surface area contributed by atoms with E-state index in [1.807, 2.05) is 30.0 Å². The Balaban J connectivity index is 2.15. The molecule has 6 heteroatoms. The van der Waals surface area contributed by atoms with Gasteiger partial charge >= 0.3 is 6.03 Å². The van der Waals surface area contributed by atoms with Gasteiger partial charge in [0.2, 0.25) is 5.91 Å². The first-order valence-corrected chi connectivity index (χ1v) is 8.47. The molecule has 1 aromatic rings. The minimum atomic E-state index is -0.0470. The lowest BCUT2D eigenvalue weighted by atomic mass is 10.2. The molecule has 1 aliphatic rings. The zero-order valence-corrected chi connectivity index (χ0v) is 14.2. The Bertz CT molecular complexity index is 550. The normalized spacial score (nSPS) is 16.9. The predicted octanol–water partition coefficient (Wildman–Crippen LogP) is 2.57. The van der Waals surface area contributed by atoms with Gasteiger partial charge in [-0.25, -0.2) is 4.79 Å². The van der Waals surface area contributed by atoms with Crippen LogP contribution in [0.5, 0.6) is 0 Å². The highest BCUT2D eigenvalue weighted by Crippen LogP contribution is 2.38. The Kier molecular flexibility index (Phi) is 5.71. The van der Waals surface area contributed by atoms with Crippen LogP contribution in [0.2, 0.25) is 0 Å². The van der Waals surface area contributed by atoms with Crippen LogP contribution < -0.4 is 10.2 Å². The van der Waals surface area contributed by atoms with Gasteiger partial charge in [-0.15, -0.1) is 11.8 Å². The van der Waals surface area contributed by atoms with Crippen molar-refractivity contribution in [2.24, 2.45) is 0 Å². The molecule has 0 fully saturated rings. The number of fused-ring (bicyclic) bond motifs is 1. The molecule has 120 valence electrons. The Morgan fingerprint density at radius 1 is 1.41 bits per heavy atom. The van der Waals surface area contributed by atoms with Gasteiger partial charge in [-0.3, -0.25) is 9.69 Å². The average molecular weight is 321 g/mol. The number of thioether (sulfide) groups is 1. The molecule has 5 nitrogen and oxygen atoms in total. The summed E-state index contributed by atoms with van der Waals surface area (Å²) in [5.41, 5.74) is 0.967. The highest BCUT2D eigenvalue weighted by atomic mass is 32.2. The number of anilines is 1. The molecule has 1 aromatic carbocycles. The number of hydrogen-bond donors (Lipinski definition) is 1. The van der Waals surface area contributed by atoms with Crippen molar-refractivity contribution in [2.75, 3.05) is 31.6 Å². The zero-order chi connectivity index (χ0) is 16.1. The fourth-order valence-corrected chi connectivity index (χ4v) is 3.60. The third kappa shape index (κ3) is 3.74. The maximum Gasteiger partial charge on any atom is 0.324 e. The number of carbonyl (C=O) groups excluding carboxylic acids is 2. The SMILES string of the molecule is CCN(CCC(=O)NC)C(=O)N1CC(C)Sc2ccccc21. The molecular weight excluding hydrogens is 298 g/mol. The molecule has 0 spiro atoms. The summed E-state index contributed by atoms with van der Waals surface area (Å²) in [5, 5.41) is 2.95. The van der Waals surface area contributed by atoms with Gasteiger partial charge in [0.25, 0.3) is 0 Å². The molecule has 0 aliphatic carbocycles. The van der Waals surface area contributed by atoms with Crippen LogP contribution in [0.3, 0.4) is 0 Å². The summed E-state index contributed by atoms with van der Waals surface area (Å²) in [5.74, 6) is -0.0470. The second kappa shape index (κ2) is 7.54. The molecule has 3 amide bonds. The Hall–Kier alpha value is -1.69. The van der Waals surface area contributed by atoms with Crippen molar-refractivity contribution in [3.63, 3.8) is 0 Å². The number of benzene rings is 1. The molecular formula is C16H23N3O2S. The molecule has 1 aliphatic heterocycles. The summed E-state index contributed by atoms with van der Waals surface area (Å²) in [6.07, 6.45) is 0.329. The van der Waals surface area contributed by atoms with Crippen LogP contribution in [0.1, 0.15) is 20.3 Å². The standard InChI is InChI=1S/C16H23N3O2S/c1-4-18(10-9-15(20)17-3)16(21)19-11-12(2)22-14-8-6-5-7-13(14)19/h5-8,12H,4,9-11H2,1-3H3,(H,17,20). The van der Waals surface area contributed by atoms with E-state index < -0.39 is 0 Å². The minimum Gasteiger partial charge on any atom is -0.359 e. The maximum atomic E-state index is 12.8. The summed E-state index contributed by atoms with van der Waals surface area (Å²) in [4.78, 5) is 29.0. The van der Waals surface area contributed by atoms with Crippen LogP contribution >= 0.6 is 11.8 Å². The first-order chi connectivity index (χ1) is 10.6. The number of nitrogens with zero attached hydrogens (tertiary/aromatic N) is 2. The lowest BCUT2D eigenvalue weighted by Gasteiger charge is -2.36. The van der Waals surface area contributed by atoms with Crippen LogP contribution in [-0.4, -0.2) is 48.8 Å². The second-order valence-corrected chi connectivity index (χ2v) is 6.77. The molecule has 0 radical (unpaired) electrons. The fraction of sp³-hybridized carbons (Fsp3) is 0.500. The van der Waals surface area contributed by atoms with Crippen molar-refractivity contribution in [2.45, 2.75) is 30.4 Å². The highest BCUT2D eigenvalue weighted by molar-refractivity contribution is 8.00. The zero-order valence-electron chi connectivity index (χ0n) is 13.3. The number of nitrogens with one attached hydrogen (secondary N) is 1. The molecule has 2 rings (SSSR count). The number of rotatable bonds is 4. The number of amides is 3. The first-order valence-electron chi connectivity index (χ1n) is 7.59. The third-order valence-electron chi connectivity index (χ3n) is 3.69. The number of para-hydroxylation sites is 1. The first kappa shape index (κ1) is 16.7. The lowest BCUT2D eigenvalue weighted by molar-refractivity contribution is -0.120. The lowest BCUT2D eigenvalue weighted by Crippen LogP contribution is -2.47. The van der Waals surface area contributed by atoms with Crippen molar-refractivity contribution in [1.82, 2.24) is 10.2 Å². The maximum absolute atomic E-state index is 12.8. The summed E-state index contributed by atoms with van der Waals surface area (Å²) < 4.78 is 0. The van der Waals surface area contributed by atoms with Crippen molar-refractivity contribution in [3.05, 3.63) is 24.3 Å². The van der Waals surface area contributed by atoms with Gasteiger partial charge in [0.05, 0.1) is 5.69 Å². The van der Waals surface area contributed by atoms with E-state index in [9.17, 15) is 9.59 Å². The van der Waals surface area contributed by atoms with E-state index in [-0.39, 0.29) is 11.9 Å². The van der Waals surface area contributed by atoms with Crippen LogP contribution in [0, 0.1) is 0 Å². The number of urea groups is 1. The van der Waals surface area contributed by atoms with Crippen LogP contribution in [0.25, 0.3) is 0 Å². The second-order valence-electron chi connectivity index (χ2n) is 5.29. The Morgan fingerprint density at radius 2 is 2.14 bits per heavy atom. The predicted molar refractivity (Wildman–Crippen MR) is 90.4 cm³/mol. The summed E-state index contributed by atoms with van der Waals surface area (Å²) in [6.45, 7) is 5.79. The van der Waals surface area contributed by atoms with Gasteiger partial charge in [0, 0.05) is 43.2 Å². The average Bonchev–Trinajstić information content (AvgIpc) is 2.53. The van der Waals surface area contributed by atoms with Crippen molar-refractivity contribution in [1.29, 1.82) is 0 Å². The van der Waals surface area contributed by atoms with Gasteiger partial charge in [0.1, 0.15) is 0 Å². The molecule has 22 heavy (non-hydrogen) atoms. The van der Waals surface area contributed by atoms with E-state index in [0.717, 1.165) is 10.6 Å². The summed E-state index contributed by atoms with van der Waals surface area (Å²) in [6, 6.07) is 7.97. The van der Waals surface area contributed by atoms with E-state index in [2.05, 4.69) is 18.3 Å². The van der Waals surface area contributed by atoms with Crippen molar-refractivity contribution in [3.8, 4) is 0 Å². The van der Waals surface area contributed by atoms with Crippen LogP contribution in [-0.2, 0) is 4.79 Å². The minimum absolute atomic E-state index is 0.0222. The number of carbonyl (C=O) groups is 2. The molecule has 0 saturated carbocycles. The summed E-state index contributed by atoms with van der Waals surface area (Å²) in [7, 11) is 1.61. The summed E-state index contributed by atoms with van der Waals surface area (Å²) >= 11 is 1.80. The molecule has 1 heterocycles. The monoisotopic (exact) mass is 321 g/mol. The smallest absolute Gasteiger partial charge is 0.324 e. The van der Waals surface area contributed by atoms with Gasteiger partial charge in [-0.2, -0.15) is 0 Å².